The smallest absolute Gasteiger partial charge is 0.238 e. The first-order valence-electron chi connectivity index (χ1n) is 7.25. The molecular weight excluding hydrogens is 268 g/mol. The summed E-state index contributed by atoms with van der Waals surface area (Å²) in [5.74, 6) is 0.936. The first-order valence-corrected chi connectivity index (χ1v) is 7.25. The lowest BCUT2D eigenvalue weighted by Crippen LogP contribution is -2.42. The summed E-state index contributed by atoms with van der Waals surface area (Å²) in [5, 5.41) is 2.86. The van der Waals surface area contributed by atoms with Crippen LogP contribution in [-0.2, 0) is 9.59 Å². The van der Waals surface area contributed by atoms with Gasteiger partial charge < -0.3 is 10.1 Å². The summed E-state index contributed by atoms with van der Waals surface area (Å²) in [5.41, 5.74) is 0.722. The number of amides is 1. The molecule has 114 valence electrons. The Morgan fingerprint density at radius 2 is 2.24 bits per heavy atom. The first kappa shape index (κ1) is 15.5. The van der Waals surface area contributed by atoms with E-state index in [1.54, 1.807) is 20.1 Å². The van der Waals surface area contributed by atoms with Crippen molar-refractivity contribution < 1.29 is 14.3 Å². The molecule has 0 bridgehead atoms. The quantitative estimate of drug-likeness (QED) is 0.900. The van der Waals surface area contributed by atoms with Crippen molar-refractivity contribution in [3.05, 3.63) is 24.3 Å². The number of carbonyl (C=O) groups excluding carboxylic acids is 2. The van der Waals surface area contributed by atoms with Gasteiger partial charge in [0.1, 0.15) is 11.5 Å². The van der Waals surface area contributed by atoms with Gasteiger partial charge in [0.15, 0.2) is 0 Å². The van der Waals surface area contributed by atoms with Crippen LogP contribution in [0.15, 0.2) is 24.3 Å². The molecule has 5 nitrogen and oxygen atoms in total. The van der Waals surface area contributed by atoms with Crippen molar-refractivity contribution in [3.8, 4) is 5.75 Å². The normalized spacial score (nSPS) is 19.0. The number of carbonyl (C=O) groups is 2. The number of piperidine rings is 1. The maximum Gasteiger partial charge on any atom is 0.238 e. The number of methoxy groups -OCH3 is 1. The Hall–Kier alpha value is -1.88. The van der Waals surface area contributed by atoms with Gasteiger partial charge >= 0.3 is 0 Å². The van der Waals surface area contributed by atoms with Crippen molar-refractivity contribution in [1.82, 2.24) is 4.90 Å². The predicted octanol–water partition coefficient (Wildman–Crippen LogP) is 1.93. The molecule has 1 saturated heterocycles. The van der Waals surface area contributed by atoms with Crippen molar-refractivity contribution in [2.75, 3.05) is 32.1 Å². The maximum absolute atomic E-state index is 12.1. The zero-order chi connectivity index (χ0) is 15.2. The number of anilines is 1. The fourth-order valence-corrected chi connectivity index (χ4v) is 2.64. The number of rotatable bonds is 5. The van der Waals surface area contributed by atoms with Gasteiger partial charge in [0.25, 0.3) is 0 Å². The van der Waals surface area contributed by atoms with Gasteiger partial charge in [-0.15, -0.1) is 0 Å². The van der Waals surface area contributed by atoms with Gasteiger partial charge in [-0.2, -0.15) is 0 Å². The van der Waals surface area contributed by atoms with Gasteiger partial charge in [-0.3, -0.25) is 14.5 Å². The first-order chi connectivity index (χ1) is 10.1. The number of likely N-dealkylation sites (tertiary alicyclic amines) is 1. The Kier molecular flexibility index (Phi) is 5.33. The number of ketones is 1. The van der Waals surface area contributed by atoms with E-state index in [2.05, 4.69) is 5.32 Å². The van der Waals surface area contributed by atoms with E-state index in [1.165, 1.54) is 0 Å². The molecule has 2 rings (SSSR count). The molecular formula is C16H22N2O3. The summed E-state index contributed by atoms with van der Waals surface area (Å²) in [6, 6.07) is 7.28. The van der Waals surface area contributed by atoms with Crippen LogP contribution < -0.4 is 10.1 Å². The lowest BCUT2D eigenvalue weighted by atomic mass is 9.95. The third-order valence-electron chi connectivity index (χ3n) is 3.80. The molecule has 1 atom stereocenters. The summed E-state index contributed by atoms with van der Waals surface area (Å²) >= 11 is 0. The van der Waals surface area contributed by atoms with Crippen LogP contribution in [0.4, 0.5) is 5.69 Å². The number of hydrogen-bond donors (Lipinski definition) is 1. The van der Waals surface area contributed by atoms with Gasteiger partial charge in [-0.05, 0) is 38.4 Å². The summed E-state index contributed by atoms with van der Waals surface area (Å²) in [7, 11) is 1.59. The van der Waals surface area contributed by atoms with Crippen LogP contribution in [0.3, 0.4) is 0 Å². The van der Waals surface area contributed by atoms with Crippen molar-refractivity contribution in [1.29, 1.82) is 0 Å². The van der Waals surface area contributed by atoms with Gasteiger partial charge in [0, 0.05) is 24.2 Å². The molecule has 1 aliphatic heterocycles. The molecule has 0 radical (unpaired) electrons. The number of nitrogens with zero attached hydrogens (tertiary/aromatic N) is 1. The van der Waals surface area contributed by atoms with Crippen molar-refractivity contribution in [2.24, 2.45) is 5.92 Å². The fraction of sp³-hybridized carbons (Fsp3) is 0.500. The van der Waals surface area contributed by atoms with Crippen molar-refractivity contribution >= 4 is 17.4 Å². The minimum Gasteiger partial charge on any atom is -0.497 e. The average molecular weight is 290 g/mol. The Labute approximate surface area is 125 Å². The highest BCUT2D eigenvalue weighted by Gasteiger charge is 2.24. The molecule has 1 aromatic rings. The molecule has 21 heavy (non-hydrogen) atoms. The molecule has 0 aromatic heterocycles. The third kappa shape index (κ3) is 4.56. The highest BCUT2D eigenvalue weighted by molar-refractivity contribution is 5.92. The lowest BCUT2D eigenvalue weighted by Gasteiger charge is -2.30. The van der Waals surface area contributed by atoms with Crippen LogP contribution in [0.2, 0.25) is 0 Å². The molecule has 1 aliphatic rings. The topological polar surface area (TPSA) is 58.6 Å². The minimum atomic E-state index is -0.0625. The maximum atomic E-state index is 12.1. The zero-order valence-electron chi connectivity index (χ0n) is 12.6. The van der Waals surface area contributed by atoms with Crippen LogP contribution >= 0.6 is 0 Å². The van der Waals surface area contributed by atoms with Crippen LogP contribution in [0, 0.1) is 5.92 Å². The van der Waals surface area contributed by atoms with E-state index in [-0.39, 0.29) is 17.6 Å². The van der Waals surface area contributed by atoms with E-state index in [0.717, 1.165) is 25.1 Å². The minimum absolute atomic E-state index is 0.0625. The van der Waals surface area contributed by atoms with Gasteiger partial charge in [0.2, 0.25) is 5.91 Å². The van der Waals surface area contributed by atoms with Gasteiger partial charge in [0.05, 0.1) is 13.7 Å². The molecule has 1 aromatic carbocycles. The number of ether oxygens (including phenoxy) is 1. The Morgan fingerprint density at radius 1 is 1.43 bits per heavy atom. The van der Waals surface area contributed by atoms with E-state index in [0.29, 0.717) is 18.8 Å². The Morgan fingerprint density at radius 3 is 2.95 bits per heavy atom. The van der Waals surface area contributed by atoms with Gasteiger partial charge in [-0.25, -0.2) is 0 Å². The lowest BCUT2D eigenvalue weighted by molar-refractivity contribution is -0.124. The SMILES string of the molecule is COc1cccc(NC(=O)CN2CCCC(C(C)=O)C2)c1. The van der Waals surface area contributed by atoms with E-state index in [9.17, 15) is 9.59 Å². The number of hydrogen-bond acceptors (Lipinski definition) is 4. The Balaban J connectivity index is 1.87. The predicted molar refractivity (Wildman–Crippen MR) is 81.5 cm³/mol. The second-order valence-corrected chi connectivity index (χ2v) is 5.47. The van der Waals surface area contributed by atoms with E-state index in [1.807, 2.05) is 23.1 Å². The summed E-state index contributed by atoms with van der Waals surface area (Å²) < 4.78 is 5.13. The van der Waals surface area contributed by atoms with Crippen molar-refractivity contribution in [3.63, 3.8) is 0 Å². The largest absolute Gasteiger partial charge is 0.497 e. The molecule has 5 heteroatoms. The third-order valence-corrected chi connectivity index (χ3v) is 3.80. The second-order valence-electron chi connectivity index (χ2n) is 5.47. The molecule has 1 N–H and O–H groups in total. The summed E-state index contributed by atoms with van der Waals surface area (Å²) in [6.07, 6.45) is 1.90. The zero-order valence-corrected chi connectivity index (χ0v) is 12.6. The highest BCUT2D eigenvalue weighted by atomic mass is 16.5. The van der Waals surface area contributed by atoms with E-state index in [4.69, 9.17) is 4.74 Å². The average Bonchev–Trinajstić information content (AvgIpc) is 2.47. The van der Waals surface area contributed by atoms with Crippen LogP contribution in [0.25, 0.3) is 0 Å². The number of benzene rings is 1. The van der Waals surface area contributed by atoms with E-state index < -0.39 is 0 Å². The Bertz CT molecular complexity index is 516. The number of nitrogens with one attached hydrogen (secondary N) is 1. The molecule has 1 amide bonds. The summed E-state index contributed by atoms with van der Waals surface area (Å²) in [4.78, 5) is 25.6. The molecule has 0 aliphatic carbocycles. The molecule has 0 spiro atoms. The van der Waals surface area contributed by atoms with E-state index >= 15 is 0 Å². The van der Waals surface area contributed by atoms with Crippen molar-refractivity contribution in [2.45, 2.75) is 19.8 Å². The molecule has 0 saturated carbocycles. The van der Waals surface area contributed by atoms with Crippen LogP contribution in [-0.4, -0.2) is 43.3 Å². The van der Waals surface area contributed by atoms with Gasteiger partial charge in [-0.1, -0.05) is 6.07 Å². The summed E-state index contributed by atoms with van der Waals surface area (Å²) in [6.45, 7) is 3.50. The molecule has 1 unspecified atom stereocenters. The fourth-order valence-electron chi connectivity index (χ4n) is 2.64. The monoisotopic (exact) mass is 290 g/mol. The second kappa shape index (κ2) is 7.22. The van der Waals surface area contributed by atoms with Crippen LogP contribution in [0.5, 0.6) is 5.75 Å². The molecule has 1 heterocycles. The highest BCUT2D eigenvalue weighted by Crippen LogP contribution is 2.18. The number of Topliss-reactive ketones (excluding diaryl/α,β-unsaturated/α-hetero) is 1. The molecule has 1 fully saturated rings. The van der Waals surface area contributed by atoms with Crippen LogP contribution in [0.1, 0.15) is 19.8 Å². The standard InChI is InChI=1S/C16H22N2O3/c1-12(19)13-5-4-8-18(10-13)11-16(20)17-14-6-3-7-15(9-14)21-2/h3,6-7,9,13H,4-5,8,10-11H2,1-2H3,(H,17,20).